The van der Waals surface area contributed by atoms with Gasteiger partial charge in [0.1, 0.15) is 18.1 Å². The number of nitrogens with two attached hydrogens (primary N) is 2. The van der Waals surface area contributed by atoms with Crippen LogP contribution in [0.2, 0.25) is 0 Å². The molecule has 31 heavy (non-hydrogen) atoms. The number of carbonyl (C=O) groups is 5. The van der Waals surface area contributed by atoms with Gasteiger partial charge in [0.15, 0.2) is 0 Å². The van der Waals surface area contributed by atoms with Crippen LogP contribution in [0.5, 0.6) is 0 Å². The van der Waals surface area contributed by atoms with Gasteiger partial charge in [0.25, 0.3) is 0 Å². The maximum atomic E-state index is 12.8. The van der Waals surface area contributed by atoms with Crippen molar-refractivity contribution in [3.8, 4) is 0 Å². The third-order valence-corrected chi connectivity index (χ3v) is 4.84. The topological polar surface area (TPSA) is 194 Å². The van der Waals surface area contributed by atoms with E-state index in [1.807, 2.05) is 13.8 Å². The molecule has 0 aliphatic carbocycles. The Hall–Kier alpha value is -2.69. The van der Waals surface area contributed by atoms with Crippen LogP contribution >= 0.6 is 0 Å². The van der Waals surface area contributed by atoms with E-state index in [9.17, 15) is 29.1 Å². The molecule has 4 amide bonds. The zero-order valence-corrected chi connectivity index (χ0v) is 18.9. The summed E-state index contributed by atoms with van der Waals surface area (Å²) in [5.41, 5.74) is 10.7. The minimum atomic E-state index is -1.20. The van der Waals surface area contributed by atoms with Crippen LogP contribution in [0, 0.1) is 11.8 Å². The van der Waals surface area contributed by atoms with Crippen LogP contribution in [0.1, 0.15) is 60.3 Å². The fourth-order valence-electron chi connectivity index (χ4n) is 2.77. The highest BCUT2D eigenvalue weighted by atomic mass is 16.4. The third kappa shape index (κ3) is 10.8. The molecule has 11 nitrogen and oxygen atoms in total. The zero-order chi connectivity index (χ0) is 24.3. The maximum absolute atomic E-state index is 12.8. The van der Waals surface area contributed by atoms with Gasteiger partial charge in [-0.15, -0.1) is 0 Å². The molecule has 0 bridgehead atoms. The lowest BCUT2D eigenvalue weighted by atomic mass is 9.98. The highest BCUT2D eigenvalue weighted by molar-refractivity contribution is 5.94. The van der Waals surface area contributed by atoms with Crippen LogP contribution in [-0.2, 0) is 24.0 Å². The number of hydrogen-bond acceptors (Lipinski definition) is 6. The van der Waals surface area contributed by atoms with Gasteiger partial charge >= 0.3 is 5.97 Å². The molecule has 0 aliphatic rings. The number of rotatable bonds is 14. The van der Waals surface area contributed by atoms with Crippen molar-refractivity contribution in [2.24, 2.45) is 23.3 Å². The number of primary amides is 1. The van der Waals surface area contributed by atoms with Crippen molar-refractivity contribution in [2.45, 2.75) is 84.5 Å². The zero-order valence-electron chi connectivity index (χ0n) is 18.9. The quantitative estimate of drug-likeness (QED) is 0.203. The monoisotopic (exact) mass is 443 g/mol. The first-order valence-corrected chi connectivity index (χ1v) is 10.5. The van der Waals surface area contributed by atoms with Crippen molar-refractivity contribution in [3.05, 3.63) is 0 Å². The number of carboxylic acids is 1. The van der Waals surface area contributed by atoms with Gasteiger partial charge in [-0.1, -0.05) is 34.1 Å². The fourth-order valence-corrected chi connectivity index (χ4v) is 2.77. The molecule has 0 aromatic rings. The highest BCUT2D eigenvalue weighted by Gasteiger charge is 2.32. The number of carboxylic acid groups (broad SMARTS) is 1. The summed E-state index contributed by atoms with van der Waals surface area (Å²) >= 11 is 0. The number of hydrogen-bond donors (Lipinski definition) is 6. The van der Waals surface area contributed by atoms with Crippen molar-refractivity contribution in [3.63, 3.8) is 0 Å². The standard InChI is InChI=1S/C20H37N5O6/c1-6-11(4)16(20(30)31)25-18(28)13(7-8-15(22)26)23-19(29)14(9-10(2)3)24-17(27)12(5)21/h10-14,16H,6-9,21H2,1-5H3,(H2,22,26)(H,23,29)(H,24,27)(H,25,28)(H,30,31). The van der Waals surface area contributed by atoms with Gasteiger partial charge in [0.05, 0.1) is 6.04 Å². The molecule has 0 aliphatic heterocycles. The molecule has 0 aromatic carbocycles. The van der Waals surface area contributed by atoms with Gasteiger partial charge in [-0.3, -0.25) is 19.2 Å². The summed E-state index contributed by atoms with van der Waals surface area (Å²) in [5.74, 6) is -4.09. The molecule has 8 N–H and O–H groups in total. The van der Waals surface area contributed by atoms with Gasteiger partial charge in [0, 0.05) is 6.42 Å². The lowest BCUT2D eigenvalue weighted by Gasteiger charge is -2.26. The maximum Gasteiger partial charge on any atom is 0.326 e. The first kappa shape index (κ1) is 28.3. The molecule has 5 unspecified atom stereocenters. The predicted octanol–water partition coefficient (Wildman–Crippen LogP) is -0.770. The SMILES string of the molecule is CCC(C)C(NC(=O)C(CCC(N)=O)NC(=O)C(CC(C)C)NC(=O)C(C)N)C(=O)O. The van der Waals surface area contributed by atoms with Crippen LogP contribution < -0.4 is 27.4 Å². The lowest BCUT2D eigenvalue weighted by molar-refractivity contribution is -0.144. The molecule has 0 radical (unpaired) electrons. The van der Waals surface area contributed by atoms with Crippen molar-refractivity contribution in [2.75, 3.05) is 0 Å². The molecule has 0 spiro atoms. The van der Waals surface area contributed by atoms with E-state index in [0.717, 1.165) is 0 Å². The van der Waals surface area contributed by atoms with E-state index < -0.39 is 53.8 Å². The van der Waals surface area contributed by atoms with E-state index in [-0.39, 0.29) is 24.7 Å². The van der Waals surface area contributed by atoms with Crippen molar-refractivity contribution in [1.29, 1.82) is 0 Å². The molecular formula is C20H37N5O6. The Labute approximate surface area is 183 Å². The summed E-state index contributed by atoms with van der Waals surface area (Å²) in [5, 5.41) is 16.9. The Bertz CT molecular complexity index is 652. The summed E-state index contributed by atoms with van der Waals surface area (Å²) in [4.78, 5) is 60.3. The van der Waals surface area contributed by atoms with E-state index in [1.165, 1.54) is 6.92 Å². The summed E-state index contributed by atoms with van der Waals surface area (Å²) in [6.45, 7) is 8.66. The number of carbonyl (C=O) groups excluding carboxylic acids is 4. The Morgan fingerprint density at radius 1 is 0.871 bits per heavy atom. The van der Waals surface area contributed by atoms with Gasteiger partial charge in [-0.2, -0.15) is 0 Å². The molecule has 0 saturated carbocycles. The number of aliphatic carboxylic acids is 1. The van der Waals surface area contributed by atoms with Crippen LogP contribution in [0.3, 0.4) is 0 Å². The predicted molar refractivity (Wildman–Crippen MR) is 114 cm³/mol. The Kier molecular flexibility index (Phi) is 12.4. The molecule has 178 valence electrons. The second-order valence-electron chi connectivity index (χ2n) is 8.26. The Morgan fingerprint density at radius 2 is 1.39 bits per heavy atom. The first-order chi connectivity index (χ1) is 14.3. The summed E-state index contributed by atoms with van der Waals surface area (Å²) in [6, 6.07) is -4.14. The van der Waals surface area contributed by atoms with E-state index in [4.69, 9.17) is 11.5 Å². The van der Waals surface area contributed by atoms with E-state index >= 15 is 0 Å². The van der Waals surface area contributed by atoms with Crippen molar-refractivity contribution >= 4 is 29.6 Å². The second-order valence-corrected chi connectivity index (χ2v) is 8.26. The molecular weight excluding hydrogens is 406 g/mol. The molecule has 11 heteroatoms. The molecule has 0 heterocycles. The van der Waals surface area contributed by atoms with Crippen LogP contribution in [0.4, 0.5) is 0 Å². The molecule has 0 saturated heterocycles. The van der Waals surface area contributed by atoms with Gasteiger partial charge in [0.2, 0.25) is 23.6 Å². The minimum Gasteiger partial charge on any atom is -0.480 e. The Balaban J connectivity index is 5.55. The van der Waals surface area contributed by atoms with E-state index in [2.05, 4.69) is 16.0 Å². The van der Waals surface area contributed by atoms with E-state index in [1.54, 1.807) is 13.8 Å². The molecule has 0 rings (SSSR count). The molecule has 0 fully saturated rings. The van der Waals surface area contributed by atoms with Gasteiger partial charge in [-0.05, 0) is 31.6 Å². The molecule has 5 atom stereocenters. The smallest absolute Gasteiger partial charge is 0.326 e. The Morgan fingerprint density at radius 3 is 1.81 bits per heavy atom. The lowest BCUT2D eigenvalue weighted by Crippen LogP contribution is -2.57. The minimum absolute atomic E-state index is 0.0452. The molecule has 0 aromatic heterocycles. The van der Waals surface area contributed by atoms with Gasteiger partial charge < -0.3 is 32.5 Å². The van der Waals surface area contributed by atoms with Crippen LogP contribution in [0.25, 0.3) is 0 Å². The summed E-state index contributed by atoms with van der Waals surface area (Å²) in [7, 11) is 0. The highest BCUT2D eigenvalue weighted by Crippen LogP contribution is 2.10. The summed E-state index contributed by atoms with van der Waals surface area (Å²) in [6.07, 6.45) is 0.490. The number of nitrogens with one attached hydrogen (secondary N) is 3. The average molecular weight is 444 g/mol. The van der Waals surface area contributed by atoms with Crippen LogP contribution in [0.15, 0.2) is 0 Å². The number of amides is 4. The first-order valence-electron chi connectivity index (χ1n) is 10.5. The average Bonchev–Trinajstić information content (AvgIpc) is 2.66. The summed E-state index contributed by atoms with van der Waals surface area (Å²) < 4.78 is 0. The fraction of sp³-hybridized carbons (Fsp3) is 0.750. The van der Waals surface area contributed by atoms with Crippen LogP contribution in [-0.4, -0.2) is 58.9 Å². The van der Waals surface area contributed by atoms with Gasteiger partial charge in [-0.25, -0.2) is 4.79 Å². The van der Waals surface area contributed by atoms with E-state index in [0.29, 0.717) is 12.8 Å². The largest absolute Gasteiger partial charge is 0.480 e. The van der Waals surface area contributed by atoms with Crippen molar-refractivity contribution < 1.29 is 29.1 Å². The third-order valence-electron chi connectivity index (χ3n) is 4.84. The normalized spacial score (nSPS) is 15.8. The van der Waals surface area contributed by atoms with Crippen molar-refractivity contribution in [1.82, 2.24) is 16.0 Å². The second kappa shape index (κ2) is 13.6.